The molecular formula is C22H25N3O2S. The van der Waals surface area contributed by atoms with Crippen LogP contribution in [0.1, 0.15) is 34.5 Å². The van der Waals surface area contributed by atoms with Crippen LogP contribution in [-0.2, 0) is 11.2 Å². The number of aromatic nitrogens is 1. The van der Waals surface area contributed by atoms with E-state index < -0.39 is 0 Å². The van der Waals surface area contributed by atoms with Gasteiger partial charge in [-0.2, -0.15) is 0 Å². The predicted molar refractivity (Wildman–Crippen MR) is 115 cm³/mol. The van der Waals surface area contributed by atoms with Crippen LogP contribution in [0.4, 0.5) is 5.13 Å². The molecule has 6 heteroatoms. The van der Waals surface area contributed by atoms with Gasteiger partial charge in [-0.05, 0) is 61.7 Å². The Morgan fingerprint density at radius 3 is 2.54 bits per heavy atom. The largest absolute Gasteiger partial charge is 0.497 e. The lowest BCUT2D eigenvalue weighted by atomic mass is 10.0. The van der Waals surface area contributed by atoms with Crippen LogP contribution in [0.25, 0.3) is 11.3 Å². The minimum absolute atomic E-state index is 0.0517. The highest BCUT2D eigenvalue weighted by atomic mass is 32.1. The predicted octanol–water partition coefficient (Wildman–Crippen LogP) is 4.44. The summed E-state index contributed by atoms with van der Waals surface area (Å²) in [6.45, 7) is 6.15. The van der Waals surface area contributed by atoms with E-state index in [1.807, 2.05) is 31.2 Å². The number of carbonyl (C=O) groups excluding carboxylic acids is 1. The van der Waals surface area contributed by atoms with Gasteiger partial charge in [-0.25, -0.2) is 4.98 Å². The van der Waals surface area contributed by atoms with Gasteiger partial charge in [0, 0.05) is 10.4 Å². The summed E-state index contributed by atoms with van der Waals surface area (Å²) in [6, 6.07) is 13.8. The van der Waals surface area contributed by atoms with E-state index in [9.17, 15) is 4.79 Å². The third kappa shape index (κ3) is 4.51. The molecular weight excluding hydrogens is 370 g/mol. The quantitative estimate of drug-likeness (QED) is 0.647. The molecule has 1 heterocycles. The summed E-state index contributed by atoms with van der Waals surface area (Å²) in [7, 11) is 1.63. The lowest BCUT2D eigenvalue weighted by molar-refractivity contribution is -0.121. The normalized spacial score (nSPS) is 11.9. The smallest absolute Gasteiger partial charge is 0.225 e. The fourth-order valence-corrected chi connectivity index (χ4v) is 3.87. The first-order chi connectivity index (χ1) is 13.4. The highest BCUT2D eigenvalue weighted by molar-refractivity contribution is 7.15. The Balaban J connectivity index is 1.74. The zero-order valence-corrected chi connectivity index (χ0v) is 17.4. The number of nitrogens with two attached hydrogens (primary N) is 1. The number of amides is 1. The molecule has 3 N–H and O–H groups in total. The van der Waals surface area contributed by atoms with Crippen molar-refractivity contribution in [3.05, 3.63) is 64.0 Å². The second-order valence-corrected chi connectivity index (χ2v) is 7.98. The van der Waals surface area contributed by atoms with Gasteiger partial charge in [0.25, 0.3) is 0 Å². The molecule has 0 fully saturated rings. The van der Waals surface area contributed by atoms with Crippen molar-refractivity contribution in [2.24, 2.45) is 0 Å². The third-order valence-corrected chi connectivity index (χ3v) is 5.69. The van der Waals surface area contributed by atoms with E-state index in [0.29, 0.717) is 5.13 Å². The Hall–Kier alpha value is -2.86. The zero-order valence-electron chi connectivity index (χ0n) is 16.6. The molecule has 1 atom stereocenters. The maximum absolute atomic E-state index is 12.6. The maximum atomic E-state index is 12.6. The van der Waals surface area contributed by atoms with E-state index in [4.69, 9.17) is 10.5 Å². The molecule has 28 heavy (non-hydrogen) atoms. The van der Waals surface area contributed by atoms with Crippen LogP contribution >= 0.6 is 11.3 Å². The number of hydrogen-bond donors (Lipinski definition) is 2. The van der Waals surface area contributed by atoms with E-state index in [-0.39, 0.29) is 18.4 Å². The number of hydrogen-bond acceptors (Lipinski definition) is 5. The van der Waals surface area contributed by atoms with Crippen LogP contribution in [0.2, 0.25) is 0 Å². The number of nitrogens with one attached hydrogen (secondary N) is 1. The summed E-state index contributed by atoms with van der Waals surface area (Å²) in [5.74, 6) is 0.720. The first-order valence-corrected chi connectivity index (χ1v) is 9.95. The van der Waals surface area contributed by atoms with Gasteiger partial charge in [0.1, 0.15) is 5.75 Å². The highest BCUT2D eigenvalue weighted by Crippen LogP contribution is 2.31. The van der Waals surface area contributed by atoms with Crippen LogP contribution in [0, 0.1) is 13.8 Å². The molecule has 146 valence electrons. The first-order valence-electron chi connectivity index (χ1n) is 9.13. The molecule has 0 saturated heterocycles. The molecule has 3 rings (SSSR count). The molecule has 1 aromatic heterocycles. The van der Waals surface area contributed by atoms with Crippen molar-refractivity contribution in [2.45, 2.75) is 33.2 Å². The van der Waals surface area contributed by atoms with Crippen LogP contribution in [0.3, 0.4) is 0 Å². The number of rotatable bonds is 6. The summed E-state index contributed by atoms with van der Waals surface area (Å²) in [6.07, 6.45) is 0.241. The number of aryl methyl sites for hydroxylation is 2. The number of methoxy groups -OCH3 is 1. The van der Waals surface area contributed by atoms with Crippen molar-refractivity contribution < 1.29 is 9.53 Å². The maximum Gasteiger partial charge on any atom is 0.225 e. The van der Waals surface area contributed by atoms with Gasteiger partial charge in [0.2, 0.25) is 5.91 Å². The summed E-state index contributed by atoms with van der Waals surface area (Å²) in [5.41, 5.74) is 11.1. The fraction of sp³-hybridized carbons (Fsp3) is 0.273. The Morgan fingerprint density at radius 1 is 1.18 bits per heavy atom. The van der Waals surface area contributed by atoms with E-state index >= 15 is 0 Å². The average molecular weight is 396 g/mol. The van der Waals surface area contributed by atoms with Crippen molar-refractivity contribution in [3.8, 4) is 17.0 Å². The van der Waals surface area contributed by atoms with E-state index in [1.165, 1.54) is 22.5 Å². The van der Waals surface area contributed by atoms with Crippen molar-refractivity contribution in [3.63, 3.8) is 0 Å². The van der Waals surface area contributed by atoms with Gasteiger partial charge in [-0.15, -0.1) is 11.3 Å². The fourth-order valence-electron chi connectivity index (χ4n) is 3.02. The van der Waals surface area contributed by atoms with Gasteiger partial charge >= 0.3 is 0 Å². The van der Waals surface area contributed by atoms with Crippen LogP contribution in [-0.4, -0.2) is 18.0 Å². The molecule has 5 nitrogen and oxygen atoms in total. The Morgan fingerprint density at radius 2 is 1.89 bits per heavy atom. The SMILES string of the molecule is COc1ccc(-c2nc(N)sc2CC(=O)NC(C)c2ccc(C)c(C)c2)cc1. The molecule has 0 bridgehead atoms. The number of nitrogen functional groups attached to an aromatic ring is 1. The molecule has 0 spiro atoms. The van der Waals surface area contributed by atoms with Crippen molar-refractivity contribution in [1.82, 2.24) is 10.3 Å². The summed E-state index contributed by atoms with van der Waals surface area (Å²) in [5, 5.41) is 3.53. The Labute approximate surface area is 169 Å². The van der Waals surface area contributed by atoms with Crippen LogP contribution < -0.4 is 15.8 Å². The lowest BCUT2D eigenvalue weighted by Gasteiger charge is -2.15. The first kappa shape index (κ1) is 19.9. The van der Waals surface area contributed by atoms with E-state index in [1.54, 1.807) is 7.11 Å². The van der Waals surface area contributed by atoms with E-state index in [2.05, 4.69) is 42.3 Å². The van der Waals surface area contributed by atoms with Crippen LogP contribution in [0.15, 0.2) is 42.5 Å². The molecule has 0 saturated carbocycles. The number of carbonyl (C=O) groups is 1. The van der Waals surface area contributed by atoms with Crippen LogP contribution in [0.5, 0.6) is 5.75 Å². The summed E-state index contributed by atoms with van der Waals surface area (Å²) >= 11 is 1.35. The van der Waals surface area contributed by atoms with Gasteiger partial charge in [-0.3, -0.25) is 4.79 Å². The molecule has 1 amide bonds. The van der Waals surface area contributed by atoms with Gasteiger partial charge in [0.15, 0.2) is 5.13 Å². The van der Waals surface area contributed by atoms with Gasteiger partial charge < -0.3 is 15.8 Å². The molecule has 1 unspecified atom stereocenters. The van der Waals surface area contributed by atoms with Crippen molar-refractivity contribution in [2.75, 3.05) is 12.8 Å². The standard InChI is InChI=1S/C22H25N3O2S/c1-13-5-6-17(11-14(13)2)15(3)24-20(26)12-19-21(25-22(23)28-19)16-7-9-18(27-4)10-8-16/h5-11,15H,12H2,1-4H3,(H2,23,25)(H,24,26). The third-order valence-electron chi connectivity index (χ3n) is 4.81. The number of anilines is 1. The Kier molecular flexibility index (Phi) is 5.99. The van der Waals surface area contributed by atoms with Gasteiger partial charge in [0.05, 0.1) is 25.3 Å². The van der Waals surface area contributed by atoms with Gasteiger partial charge in [-0.1, -0.05) is 18.2 Å². The topological polar surface area (TPSA) is 77.2 Å². The molecule has 0 aliphatic rings. The lowest BCUT2D eigenvalue weighted by Crippen LogP contribution is -2.28. The minimum atomic E-state index is -0.0681. The molecule has 0 radical (unpaired) electrons. The molecule has 3 aromatic rings. The number of benzene rings is 2. The van der Waals surface area contributed by atoms with E-state index in [0.717, 1.165) is 27.4 Å². The average Bonchev–Trinajstić information content (AvgIpc) is 3.03. The summed E-state index contributed by atoms with van der Waals surface area (Å²) in [4.78, 5) is 17.9. The summed E-state index contributed by atoms with van der Waals surface area (Å²) < 4.78 is 5.20. The second-order valence-electron chi connectivity index (χ2n) is 6.86. The molecule has 0 aliphatic heterocycles. The molecule has 0 aliphatic carbocycles. The number of nitrogens with zero attached hydrogens (tertiary/aromatic N) is 1. The second kappa shape index (κ2) is 8.44. The minimum Gasteiger partial charge on any atom is -0.497 e. The number of ether oxygens (including phenoxy) is 1. The van der Waals surface area contributed by atoms with Crippen molar-refractivity contribution >= 4 is 22.4 Å². The monoisotopic (exact) mass is 395 g/mol. The molecule has 2 aromatic carbocycles. The van der Waals surface area contributed by atoms with Crippen molar-refractivity contribution in [1.29, 1.82) is 0 Å². The number of thiazole rings is 1. The Bertz CT molecular complexity index is 980. The highest BCUT2D eigenvalue weighted by Gasteiger charge is 2.17. The zero-order chi connectivity index (χ0) is 20.3.